The molecule has 0 aliphatic heterocycles. The maximum absolute atomic E-state index is 13.9. The van der Waals surface area contributed by atoms with Gasteiger partial charge in [0.15, 0.2) is 0 Å². The standard InChI is InChI=1S/C30H32Cl2N2O3/c1-37-24-16-14-22(15-17-24)19-29(35)34(20-25-26(31)12-7-13-27(25)32)28(18-21-8-3-2-4-9-21)30(36)33-23-10-5-6-11-23/h2-4,7-9,12-17,23,28H,5-6,10-11,18-20H2,1H3,(H,33,36). The minimum atomic E-state index is -0.721. The number of carbonyl (C=O) groups is 2. The normalized spacial score (nSPS) is 14.2. The van der Waals surface area contributed by atoms with Crippen LogP contribution in [0.25, 0.3) is 0 Å². The first-order valence-electron chi connectivity index (χ1n) is 12.6. The molecule has 3 aromatic carbocycles. The Labute approximate surface area is 228 Å². The number of rotatable bonds is 10. The van der Waals surface area contributed by atoms with Crippen molar-refractivity contribution >= 4 is 35.0 Å². The molecule has 1 fully saturated rings. The van der Waals surface area contributed by atoms with E-state index >= 15 is 0 Å². The Hall–Kier alpha value is -3.02. The zero-order valence-corrected chi connectivity index (χ0v) is 22.5. The lowest BCUT2D eigenvalue weighted by Crippen LogP contribution is -2.52. The van der Waals surface area contributed by atoms with Crippen LogP contribution in [0.1, 0.15) is 42.4 Å². The second-order valence-electron chi connectivity index (χ2n) is 9.44. The molecule has 3 aromatic rings. The summed E-state index contributed by atoms with van der Waals surface area (Å²) in [6.07, 6.45) is 4.64. The van der Waals surface area contributed by atoms with E-state index in [9.17, 15) is 9.59 Å². The molecule has 0 heterocycles. The summed E-state index contributed by atoms with van der Waals surface area (Å²) >= 11 is 13.0. The van der Waals surface area contributed by atoms with Crippen LogP contribution in [-0.4, -0.2) is 35.9 Å². The lowest BCUT2D eigenvalue weighted by atomic mass is 10.0. The molecular formula is C30H32Cl2N2O3. The van der Waals surface area contributed by atoms with E-state index in [-0.39, 0.29) is 30.8 Å². The lowest BCUT2D eigenvalue weighted by Gasteiger charge is -2.33. The molecule has 0 saturated heterocycles. The Morgan fingerprint density at radius 3 is 2.19 bits per heavy atom. The van der Waals surface area contributed by atoms with Gasteiger partial charge in [0.05, 0.1) is 13.5 Å². The molecule has 1 atom stereocenters. The average molecular weight is 540 g/mol. The Morgan fingerprint density at radius 1 is 0.919 bits per heavy atom. The van der Waals surface area contributed by atoms with Crippen LogP contribution in [0.4, 0.5) is 0 Å². The number of halogens is 2. The van der Waals surface area contributed by atoms with E-state index in [0.29, 0.717) is 27.8 Å². The van der Waals surface area contributed by atoms with Crippen LogP contribution in [0.2, 0.25) is 10.0 Å². The van der Waals surface area contributed by atoms with Crippen molar-refractivity contribution in [1.29, 1.82) is 0 Å². The molecule has 1 N–H and O–H groups in total. The zero-order chi connectivity index (χ0) is 26.2. The highest BCUT2D eigenvalue weighted by atomic mass is 35.5. The van der Waals surface area contributed by atoms with Crippen molar-refractivity contribution in [2.75, 3.05) is 7.11 Å². The predicted molar refractivity (Wildman–Crippen MR) is 148 cm³/mol. The van der Waals surface area contributed by atoms with E-state index < -0.39 is 6.04 Å². The van der Waals surface area contributed by atoms with Crippen LogP contribution in [0, 0.1) is 0 Å². The third-order valence-electron chi connectivity index (χ3n) is 6.88. The Morgan fingerprint density at radius 2 is 1.57 bits per heavy atom. The second kappa shape index (κ2) is 13.0. The molecule has 7 heteroatoms. The van der Waals surface area contributed by atoms with Gasteiger partial charge in [0.2, 0.25) is 11.8 Å². The van der Waals surface area contributed by atoms with Gasteiger partial charge in [-0.25, -0.2) is 0 Å². The van der Waals surface area contributed by atoms with Crippen LogP contribution in [0.15, 0.2) is 72.8 Å². The molecule has 1 unspecified atom stereocenters. The molecular weight excluding hydrogens is 507 g/mol. The highest BCUT2D eigenvalue weighted by molar-refractivity contribution is 6.36. The predicted octanol–water partition coefficient (Wildman–Crippen LogP) is 6.24. The van der Waals surface area contributed by atoms with Gasteiger partial charge >= 0.3 is 0 Å². The molecule has 37 heavy (non-hydrogen) atoms. The smallest absolute Gasteiger partial charge is 0.243 e. The molecule has 5 nitrogen and oxygen atoms in total. The topological polar surface area (TPSA) is 58.6 Å². The summed E-state index contributed by atoms with van der Waals surface area (Å²) < 4.78 is 5.25. The first kappa shape index (κ1) is 27.0. The monoisotopic (exact) mass is 538 g/mol. The van der Waals surface area contributed by atoms with Gasteiger partial charge in [-0.3, -0.25) is 9.59 Å². The van der Waals surface area contributed by atoms with Gasteiger partial charge in [0.25, 0.3) is 0 Å². The van der Waals surface area contributed by atoms with Crippen LogP contribution in [-0.2, 0) is 29.0 Å². The lowest BCUT2D eigenvalue weighted by molar-refractivity contribution is -0.141. The maximum Gasteiger partial charge on any atom is 0.243 e. The van der Waals surface area contributed by atoms with Crippen LogP contribution in [0.5, 0.6) is 5.75 Å². The van der Waals surface area contributed by atoms with E-state index in [1.807, 2.05) is 54.6 Å². The fourth-order valence-electron chi connectivity index (χ4n) is 4.79. The van der Waals surface area contributed by atoms with Crippen molar-refractivity contribution in [3.63, 3.8) is 0 Å². The van der Waals surface area contributed by atoms with Crippen LogP contribution in [0.3, 0.4) is 0 Å². The number of carbonyl (C=O) groups excluding carboxylic acids is 2. The number of ether oxygens (including phenoxy) is 1. The SMILES string of the molecule is COc1ccc(CC(=O)N(Cc2c(Cl)cccc2Cl)C(Cc2ccccc2)C(=O)NC2CCCC2)cc1. The van der Waals surface area contributed by atoms with Crippen molar-refractivity contribution in [2.45, 2.75) is 57.2 Å². The van der Waals surface area contributed by atoms with E-state index in [1.165, 1.54) is 0 Å². The van der Waals surface area contributed by atoms with Crippen molar-refractivity contribution in [3.8, 4) is 5.75 Å². The van der Waals surface area contributed by atoms with Crippen LogP contribution < -0.4 is 10.1 Å². The average Bonchev–Trinajstić information content (AvgIpc) is 3.41. The minimum Gasteiger partial charge on any atom is -0.497 e. The fraction of sp³-hybridized carbons (Fsp3) is 0.333. The molecule has 4 rings (SSSR count). The quantitative estimate of drug-likeness (QED) is 0.332. The van der Waals surface area contributed by atoms with Gasteiger partial charge in [0.1, 0.15) is 11.8 Å². The van der Waals surface area contributed by atoms with E-state index in [0.717, 1.165) is 36.8 Å². The number of hydrogen-bond donors (Lipinski definition) is 1. The summed E-state index contributed by atoms with van der Waals surface area (Å²) in [5.41, 5.74) is 2.43. The first-order chi connectivity index (χ1) is 17.9. The Balaban J connectivity index is 1.68. The summed E-state index contributed by atoms with van der Waals surface area (Å²) in [4.78, 5) is 29.3. The second-order valence-corrected chi connectivity index (χ2v) is 10.3. The van der Waals surface area contributed by atoms with Gasteiger partial charge in [-0.2, -0.15) is 0 Å². The summed E-state index contributed by atoms with van der Waals surface area (Å²) in [5, 5.41) is 4.14. The molecule has 2 amide bonds. The van der Waals surface area contributed by atoms with E-state index in [4.69, 9.17) is 27.9 Å². The molecule has 1 aliphatic rings. The number of nitrogens with zero attached hydrogens (tertiary/aromatic N) is 1. The highest BCUT2D eigenvalue weighted by Crippen LogP contribution is 2.28. The molecule has 194 valence electrons. The van der Waals surface area contributed by atoms with Gasteiger partial charge in [-0.05, 0) is 48.2 Å². The number of amides is 2. The summed E-state index contributed by atoms with van der Waals surface area (Å²) in [6, 6.07) is 21.8. The number of benzene rings is 3. The van der Waals surface area contributed by atoms with E-state index in [2.05, 4.69) is 5.32 Å². The maximum atomic E-state index is 13.9. The molecule has 0 aromatic heterocycles. The largest absolute Gasteiger partial charge is 0.497 e. The third-order valence-corrected chi connectivity index (χ3v) is 7.59. The molecule has 1 saturated carbocycles. The van der Waals surface area contributed by atoms with E-state index in [1.54, 1.807) is 30.2 Å². The Kier molecular flexibility index (Phi) is 9.48. The van der Waals surface area contributed by atoms with Crippen LogP contribution >= 0.6 is 23.2 Å². The highest BCUT2D eigenvalue weighted by Gasteiger charge is 2.33. The number of nitrogens with one attached hydrogen (secondary N) is 1. The Bertz CT molecular complexity index is 1170. The molecule has 0 spiro atoms. The fourth-order valence-corrected chi connectivity index (χ4v) is 5.31. The summed E-state index contributed by atoms with van der Waals surface area (Å²) in [5.74, 6) is 0.388. The zero-order valence-electron chi connectivity index (χ0n) is 21.0. The van der Waals surface area contributed by atoms with Crippen molar-refractivity contribution in [1.82, 2.24) is 10.2 Å². The molecule has 1 aliphatic carbocycles. The number of hydrogen-bond acceptors (Lipinski definition) is 3. The van der Waals surface area contributed by atoms with Crippen molar-refractivity contribution in [2.24, 2.45) is 0 Å². The van der Waals surface area contributed by atoms with Crippen molar-refractivity contribution in [3.05, 3.63) is 99.5 Å². The van der Waals surface area contributed by atoms with Gasteiger partial charge in [-0.1, -0.05) is 84.6 Å². The third kappa shape index (κ3) is 7.27. The van der Waals surface area contributed by atoms with Gasteiger partial charge in [0, 0.05) is 34.6 Å². The summed E-state index contributed by atoms with van der Waals surface area (Å²) in [6.45, 7) is 0.128. The molecule has 0 radical (unpaired) electrons. The minimum absolute atomic E-state index is 0.128. The van der Waals surface area contributed by atoms with Gasteiger partial charge in [-0.15, -0.1) is 0 Å². The number of methoxy groups -OCH3 is 1. The van der Waals surface area contributed by atoms with Crippen molar-refractivity contribution < 1.29 is 14.3 Å². The molecule has 0 bridgehead atoms. The first-order valence-corrected chi connectivity index (χ1v) is 13.4. The van der Waals surface area contributed by atoms with Gasteiger partial charge < -0.3 is 15.0 Å². The summed E-state index contributed by atoms with van der Waals surface area (Å²) in [7, 11) is 1.60.